The van der Waals surface area contributed by atoms with E-state index in [0.29, 0.717) is 16.8 Å². The Kier molecular flexibility index (Phi) is 3.55. The third kappa shape index (κ3) is 2.27. The molecule has 19 heavy (non-hydrogen) atoms. The first-order valence-electron chi connectivity index (χ1n) is 6.93. The number of piperidine rings is 1. The molecule has 0 saturated carbocycles. The molecule has 5 nitrogen and oxygen atoms in total. The number of aromatic nitrogens is 4. The molecule has 1 atom stereocenters. The van der Waals surface area contributed by atoms with E-state index in [1.807, 2.05) is 10.6 Å². The van der Waals surface area contributed by atoms with Gasteiger partial charge in [-0.3, -0.25) is 4.40 Å². The fraction of sp³-hybridized carbons (Fsp3) is 0.615. The molecule has 0 amide bonds. The number of rotatable bonds is 3. The van der Waals surface area contributed by atoms with Gasteiger partial charge in [-0.2, -0.15) is 0 Å². The Labute approximate surface area is 117 Å². The third-order valence-electron chi connectivity index (χ3n) is 3.77. The summed E-state index contributed by atoms with van der Waals surface area (Å²) in [7, 11) is 0. The summed E-state index contributed by atoms with van der Waals surface area (Å²) in [6.45, 7) is 3.28. The highest BCUT2D eigenvalue weighted by Gasteiger charge is 2.25. The van der Waals surface area contributed by atoms with Crippen molar-refractivity contribution in [3.63, 3.8) is 0 Å². The van der Waals surface area contributed by atoms with Gasteiger partial charge < -0.3 is 4.90 Å². The molecule has 102 valence electrons. The first-order chi connectivity index (χ1) is 9.31. The lowest BCUT2D eigenvalue weighted by atomic mass is 9.99. The molecule has 1 aliphatic heterocycles. The van der Waals surface area contributed by atoms with E-state index in [-0.39, 0.29) is 0 Å². The van der Waals surface area contributed by atoms with Crippen molar-refractivity contribution in [1.82, 2.24) is 19.6 Å². The Morgan fingerprint density at radius 1 is 1.37 bits per heavy atom. The highest BCUT2D eigenvalue weighted by molar-refractivity contribution is 6.32. The molecule has 6 heteroatoms. The molecule has 0 radical (unpaired) electrons. The Morgan fingerprint density at radius 3 is 3.11 bits per heavy atom. The average Bonchev–Trinajstić information content (AvgIpc) is 2.85. The van der Waals surface area contributed by atoms with Gasteiger partial charge in [0.1, 0.15) is 0 Å². The molecule has 2 aromatic heterocycles. The number of hydrogen-bond donors (Lipinski definition) is 0. The topological polar surface area (TPSA) is 46.3 Å². The minimum Gasteiger partial charge on any atom is -0.338 e. The summed E-state index contributed by atoms with van der Waals surface area (Å²) in [6.07, 6.45) is 9.73. The lowest BCUT2D eigenvalue weighted by Gasteiger charge is -2.35. The molecule has 1 saturated heterocycles. The number of fused-ring (bicyclic) bond motifs is 1. The summed E-state index contributed by atoms with van der Waals surface area (Å²) >= 11 is 6.05. The zero-order valence-corrected chi connectivity index (χ0v) is 11.8. The van der Waals surface area contributed by atoms with E-state index in [1.165, 1.54) is 32.1 Å². The summed E-state index contributed by atoms with van der Waals surface area (Å²) < 4.78 is 1.95. The van der Waals surface area contributed by atoms with Crippen LogP contribution in [0, 0.1) is 0 Å². The smallest absolute Gasteiger partial charge is 0.232 e. The minimum atomic E-state index is 0.408. The predicted molar refractivity (Wildman–Crippen MR) is 75.7 cm³/mol. The summed E-state index contributed by atoms with van der Waals surface area (Å²) in [6, 6.07) is 0.568. The average molecular weight is 280 g/mol. The van der Waals surface area contributed by atoms with Gasteiger partial charge in [0, 0.05) is 25.0 Å². The molecule has 0 aromatic carbocycles. The van der Waals surface area contributed by atoms with Crippen molar-refractivity contribution in [2.75, 3.05) is 11.4 Å². The number of halogens is 1. The van der Waals surface area contributed by atoms with Gasteiger partial charge in [0.2, 0.25) is 5.95 Å². The number of hydrogen-bond acceptors (Lipinski definition) is 4. The van der Waals surface area contributed by atoms with E-state index in [4.69, 9.17) is 11.6 Å². The monoisotopic (exact) mass is 279 g/mol. The maximum Gasteiger partial charge on any atom is 0.232 e. The van der Waals surface area contributed by atoms with Crippen LogP contribution in [-0.4, -0.2) is 32.2 Å². The first-order valence-corrected chi connectivity index (χ1v) is 7.31. The van der Waals surface area contributed by atoms with Gasteiger partial charge >= 0.3 is 0 Å². The van der Waals surface area contributed by atoms with Crippen molar-refractivity contribution >= 4 is 23.2 Å². The zero-order valence-electron chi connectivity index (χ0n) is 11.1. The van der Waals surface area contributed by atoms with Gasteiger partial charge in [0.25, 0.3) is 0 Å². The Morgan fingerprint density at radius 2 is 2.26 bits per heavy atom. The Balaban J connectivity index is 2.00. The van der Waals surface area contributed by atoms with E-state index in [0.717, 1.165) is 12.5 Å². The van der Waals surface area contributed by atoms with Crippen molar-refractivity contribution in [3.8, 4) is 0 Å². The van der Waals surface area contributed by atoms with Gasteiger partial charge in [0.05, 0.1) is 0 Å². The van der Waals surface area contributed by atoms with Crippen LogP contribution in [0.25, 0.3) is 5.65 Å². The highest BCUT2D eigenvalue weighted by Crippen LogP contribution is 2.27. The Hall–Kier alpha value is -1.36. The molecule has 1 fully saturated rings. The summed E-state index contributed by atoms with van der Waals surface area (Å²) in [4.78, 5) is 6.42. The Bertz CT molecular complexity index is 565. The van der Waals surface area contributed by atoms with Crippen LogP contribution in [0.3, 0.4) is 0 Å². The SMILES string of the molecule is CCCC1CCCCN1c1nnc2c(Cl)nccn12. The van der Waals surface area contributed by atoms with E-state index < -0.39 is 0 Å². The molecule has 3 rings (SSSR count). The van der Waals surface area contributed by atoms with E-state index in [1.54, 1.807) is 6.20 Å². The normalized spacial score (nSPS) is 20.1. The molecule has 0 bridgehead atoms. The zero-order chi connectivity index (χ0) is 13.2. The number of anilines is 1. The molecule has 0 spiro atoms. The molecule has 0 aliphatic carbocycles. The van der Waals surface area contributed by atoms with Crippen molar-refractivity contribution in [3.05, 3.63) is 17.5 Å². The van der Waals surface area contributed by atoms with Gasteiger partial charge in [-0.25, -0.2) is 4.98 Å². The van der Waals surface area contributed by atoms with E-state index >= 15 is 0 Å². The van der Waals surface area contributed by atoms with Gasteiger partial charge in [-0.05, 0) is 25.7 Å². The van der Waals surface area contributed by atoms with Crippen molar-refractivity contribution < 1.29 is 0 Å². The van der Waals surface area contributed by atoms with Crippen LogP contribution in [0.1, 0.15) is 39.0 Å². The predicted octanol–water partition coefficient (Wildman–Crippen LogP) is 2.94. The van der Waals surface area contributed by atoms with Crippen LogP contribution < -0.4 is 4.90 Å². The maximum absolute atomic E-state index is 6.05. The second kappa shape index (κ2) is 5.33. The summed E-state index contributed by atoms with van der Waals surface area (Å²) in [5.74, 6) is 0.900. The summed E-state index contributed by atoms with van der Waals surface area (Å²) in [5, 5.41) is 8.90. The second-order valence-corrected chi connectivity index (χ2v) is 5.40. The van der Waals surface area contributed by atoms with Gasteiger partial charge in [-0.15, -0.1) is 10.2 Å². The fourth-order valence-corrected chi connectivity index (χ4v) is 3.06. The quantitative estimate of drug-likeness (QED) is 0.867. The third-order valence-corrected chi connectivity index (χ3v) is 4.04. The van der Waals surface area contributed by atoms with Crippen LogP contribution in [0.15, 0.2) is 12.4 Å². The standard InChI is InChI=1S/C13H18ClN5/c1-2-5-10-6-3-4-8-18(10)13-17-16-12-11(14)15-7-9-19(12)13/h7,9-10H,2-6,8H2,1H3. The molecule has 2 aromatic rings. The minimum absolute atomic E-state index is 0.408. The summed E-state index contributed by atoms with van der Waals surface area (Å²) in [5.41, 5.74) is 0.639. The molecular formula is C13H18ClN5. The fourth-order valence-electron chi connectivity index (χ4n) is 2.88. The van der Waals surface area contributed by atoms with Crippen LogP contribution in [-0.2, 0) is 0 Å². The van der Waals surface area contributed by atoms with E-state index in [9.17, 15) is 0 Å². The molecular weight excluding hydrogens is 262 g/mol. The largest absolute Gasteiger partial charge is 0.338 e. The number of nitrogens with zero attached hydrogens (tertiary/aromatic N) is 5. The van der Waals surface area contributed by atoms with Crippen LogP contribution in [0.2, 0.25) is 5.15 Å². The van der Waals surface area contributed by atoms with E-state index in [2.05, 4.69) is 27.0 Å². The van der Waals surface area contributed by atoms with Crippen molar-refractivity contribution in [2.45, 2.75) is 45.1 Å². The second-order valence-electron chi connectivity index (χ2n) is 5.04. The molecule has 3 heterocycles. The van der Waals surface area contributed by atoms with Crippen LogP contribution >= 0.6 is 11.6 Å². The lowest BCUT2D eigenvalue weighted by Crippen LogP contribution is -2.40. The molecule has 1 aliphatic rings. The maximum atomic E-state index is 6.05. The van der Waals surface area contributed by atoms with Crippen LogP contribution in [0.4, 0.5) is 5.95 Å². The molecule has 1 unspecified atom stereocenters. The van der Waals surface area contributed by atoms with Crippen molar-refractivity contribution in [2.24, 2.45) is 0 Å². The van der Waals surface area contributed by atoms with Gasteiger partial charge in [-0.1, -0.05) is 24.9 Å². The van der Waals surface area contributed by atoms with Gasteiger partial charge in [0.15, 0.2) is 10.8 Å². The van der Waals surface area contributed by atoms with Crippen LogP contribution in [0.5, 0.6) is 0 Å². The highest BCUT2D eigenvalue weighted by atomic mass is 35.5. The molecule has 0 N–H and O–H groups in total. The van der Waals surface area contributed by atoms with Crippen molar-refractivity contribution in [1.29, 1.82) is 0 Å². The first kappa shape index (κ1) is 12.7. The lowest BCUT2D eigenvalue weighted by molar-refractivity contribution is 0.427.